The average molecular weight is 277 g/mol. The Morgan fingerprint density at radius 3 is 2.68 bits per heavy atom. The Labute approximate surface area is 117 Å². The lowest BCUT2D eigenvalue weighted by Crippen LogP contribution is -2.43. The number of benzene rings is 1. The number of hydrogen-bond acceptors (Lipinski definition) is 4. The van der Waals surface area contributed by atoms with Crippen molar-refractivity contribution in [3.05, 3.63) is 35.9 Å². The fourth-order valence-electron chi connectivity index (χ4n) is 2.72. The molecular weight excluding hydrogens is 258 g/mol. The third-order valence-corrected chi connectivity index (χ3v) is 4.72. The minimum absolute atomic E-state index is 0.00509. The Morgan fingerprint density at radius 1 is 1.21 bits per heavy atom. The summed E-state index contributed by atoms with van der Waals surface area (Å²) in [5, 5.41) is 0. The number of hydrazine groups is 1. The predicted octanol–water partition coefficient (Wildman–Crippen LogP) is 1.03. The lowest BCUT2D eigenvalue weighted by molar-refractivity contribution is -0.135. The van der Waals surface area contributed by atoms with Gasteiger partial charge >= 0.3 is 0 Å². The van der Waals surface area contributed by atoms with Gasteiger partial charge in [0.25, 0.3) is 0 Å². The average Bonchev–Trinajstić information content (AvgIpc) is 2.98. The number of thioether (sulfide) groups is 1. The minimum Gasteiger partial charge on any atom is -0.341 e. The molecule has 102 valence electrons. The first-order chi connectivity index (χ1) is 9.36. The molecule has 2 aliphatic heterocycles. The second-order valence-electron chi connectivity index (χ2n) is 4.96. The molecule has 2 unspecified atom stereocenters. The van der Waals surface area contributed by atoms with Crippen molar-refractivity contribution in [2.24, 2.45) is 5.92 Å². The van der Waals surface area contributed by atoms with Gasteiger partial charge in [0.15, 0.2) is 0 Å². The molecule has 4 nitrogen and oxygen atoms in total. The number of carbonyl (C=O) groups is 1. The van der Waals surface area contributed by atoms with Crippen LogP contribution in [0.2, 0.25) is 0 Å². The van der Waals surface area contributed by atoms with Gasteiger partial charge in [-0.1, -0.05) is 30.3 Å². The van der Waals surface area contributed by atoms with E-state index in [1.54, 1.807) is 0 Å². The molecular formula is C14H19N3OS. The maximum Gasteiger partial charge on any atom is 0.229 e. The topological polar surface area (TPSA) is 44.4 Å². The van der Waals surface area contributed by atoms with Gasteiger partial charge in [-0.25, -0.2) is 5.43 Å². The van der Waals surface area contributed by atoms with Gasteiger partial charge in [-0.3, -0.25) is 10.2 Å². The quantitative estimate of drug-likeness (QED) is 0.847. The smallest absolute Gasteiger partial charge is 0.229 e. The summed E-state index contributed by atoms with van der Waals surface area (Å²) in [6.45, 7) is 2.49. The first-order valence-electron chi connectivity index (χ1n) is 6.76. The Hall–Kier alpha value is -1.04. The maximum absolute atomic E-state index is 12.6. The molecule has 2 aliphatic rings. The van der Waals surface area contributed by atoms with E-state index in [1.807, 2.05) is 34.9 Å². The van der Waals surface area contributed by atoms with E-state index < -0.39 is 0 Å². The number of nitrogens with one attached hydrogen (secondary N) is 2. The molecule has 2 atom stereocenters. The second kappa shape index (κ2) is 5.94. The molecule has 2 fully saturated rings. The normalized spacial score (nSPS) is 27.5. The van der Waals surface area contributed by atoms with Gasteiger partial charge in [0.05, 0.1) is 12.0 Å². The van der Waals surface area contributed by atoms with E-state index in [0.717, 1.165) is 24.6 Å². The molecule has 2 N–H and O–H groups in total. The van der Waals surface area contributed by atoms with Gasteiger partial charge in [-0.05, 0) is 5.56 Å². The van der Waals surface area contributed by atoms with Crippen molar-refractivity contribution in [3.8, 4) is 0 Å². The summed E-state index contributed by atoms with van der Waals surface area (Å²) < 4.78 is 0. The molecule has 1 aromatic carbocycles. The summed E-state index contributed by atoms with van der Waals surface area (Å²) in [5.74, 6) is 2.42. The zero-order chi connectivity index (χ0) is 13.1. The fraction of sp³-hybridized carbons (Fsp3) is 0.500. The number of hydrogen-bond donors (Lipinski definition) is 2. The summed E-state index contributed by atoms with van der Waals surface area (Å²) >= 11 is 1.93. The molecule has 0 aromatic heterocycles. The van der Waals surface area contributed by atoms with Crippen LogP contribution in [-0.2, 0) is 4.79 Å². The van der Waals surface area contributed by atoms with Crippen molar-refractivity contribution in [1.82, 2.24) is 15.8 Å². The van der Waals surface area contributed by atoms with Crippen molar-refractivity contribution >= 4 is 17.7 Å². The van der Waals surface area contributed by atoms with Gasteiger partial charge in [0, 0.05) is 31.1 Å². The fourth-order valence-corrected chi connectivity index (χ4v) is 3.62. The molecule has 19 heavy (non-hydrogen) atoms. The Balaban J connectivity index is 1.74. The van der Waals surface area contributed by atoms with Crippen molar-refractivity contribution in [2.75, 3.05) is 31.1 Å². The maximum atomic E-state index is 12.6. The van der Waals surface area contributed by atoms with E-state index in [0.29, 0.717) is 6.54 Å². The third-order valence-electron chi connectivity index (χ3n) is 3.78. The highest BCUT2D eigenvalue weighted by atomic mass is 32.2. The van der Waals surface area contributed by atoms with Crippen molar-refractivity contribution in [1.29, 1.82) is 0 Å². The van der Waals surface area contributed by atoms with Crippen molar-refractivity contribution in [2.45, 2.75) is 6.04 Å². The molecule has 5 heteroatoms. The van der Waals surface area contributed by atoms with E-state index in [2.05, 4.69) is 23.0 Å². The first kappa shape index (κ1) is 13.0. The van der Waals surface area contributed by atoms with Crippen LogP contribution in [0.4, 0.5) is 0 Å². The lowest BCUT2D eigenvalue weighted by atomic mass is 9.93. The first-order valence-corrected chi connectivity index (χ1v) is 7.91. The number of amides is 1. The monoisotopic (exact) mass is 277 g/mol. The van der Waals surface area contributed by atoms with Crippen LogP contribution >= 0.6 is 11.8 Å². The molecule has 2 saturated heterocycles. The van der Waals surface area contributed by atoms with Crippen molar-refractivity contribution < 1.29 is 4.79 Å². The number of carbonyl (C=O) groups excluding carboxylic acids is 1. The Kier molecular flexibility index (Phi) is 4.06. The van der Waals surface area contributed by atoms with Crippen LogP contribution in [0, 0.1) is 5.92 Å². The SMILES string of the molecule is O=C(C1CNNC1c1ccccc1)N1CCSCC1. The predicted molar refractivity (Wildman–Crippen MR) is 77.7 cm³/mol. The highest BCUT2D eigenvalue weighted by molar-refractivity contribution is 7.99. The van der Waals surface area contributed by atoms with Gasteiger partial charge in [0.2, 0.25) is 5.91 Å². The van der Waals surface area contributed by atoms with Crippen LogP contribution in [0.25, 0.3) is 0 Å². The van der Waals surface area contributed by atoms with E-state index in [4.69, 9.17) is 0 Å². The molecule has 3 rings (SSSR count). The molecule has 2 heterocycles. The van der Waals surface area contributed by atoms with Crippen LogP contribution in [0.5, 0.6) is 0 Å². The van der Waals surface area contributed by atoms with Crippen LogP contribution < -0.4 is 10.9 Å². The number of nitrogens with zero attached hydrogens (tertiary/aromatic N) is 1. The van der Waals surface area contributed by atoms with Crippen LogP contribution in [0.15, 0.2) is 30.3 Å². The number of rotatable bonds is 2. The van der Waals surface area contributed by atoms with Crippen LogP contribution in [-0.4, -0.2) is 41.9 Å². The van der Waals surface area contributed by atoms with E-state index in [9.17, 15) is 4.79 Å². The largest absolute Gasteiger partial charge is 0.341 e. The summed E-state index contributed by atoms with van der Waals surface area (Å²) in [5.41, 5.74) is 7.56. The van der Waals surface area contributed by atoms with E-state index >= 15 is 0 Å². The molecule has 0 bridgehead atoms. The second-order valence-corrected chi connectivity index (χ2v) is 6.18. The summed E-state index contributed by atoms with van der Waals surface area (Å²) in [4.78, 5) is 14.6. The Bertz CT molecular complexity index is 434. The summed E-state index contributed by atoms with van der Waals surface area (Å²) in [6.07, 6.45) is 0. The van der Waals surface area contributed by atoms with Crippen LogP contribution in [0.1, 0.15) is 11.6 Å². The van der Waals surface area contributed by atoms with Gasteiger partial charge in [-0.2, -0.15) is 11.8 Å². The molecule has 1 aromatic rings. The minimum atomic E-state index is 0.00509. The summed E-state index contributed by atoms with van der Waals surface area (Å²) in [7, 11) is 0. The molecule has 0 spiro atoms. The molecule has 0 aliphatic carbocycles. The zero-order valence-corrected chi connectivity index (χ0v) is 11.7. The van der Waals surface area contributed by atoms with E-state index in [1.165, 1.54) is 5.56 Å². The standard InChI is InChI=1S/C14H19N3OS/c18-14(17-6-8-19-9-7-17)12-10-15-16-13(12)11-4-2-1-3-5-11/h1-5,12-13,15-16H,6-10H2. The molecule has 1 amide bonds. The van der Waals surface area contributed by atoms with Crippen molar-refractivity contribution in [3.63, 3.8) is 0 Å². The third kappa shape index (κ3) is 2.78. The van der Waals surface area contributed by atoms with Gasteiger partial charge in [0.1, 0.15) is 0 Å². The Morgan fingerprint density at radius 2 is 1.95 bits per heavy atom. The highest BCUT2D eigenvalue weighted by Gasteiger charge is 2.36. The molecule has 0 radical (unpaired) electrons. The van der Waals surface area contributed by atoms with E-state index in [-0.39, 0.29) is 17.9 Å². The molecule has 0 saturated carbocycles. The van der Waals surface area contributed by atoms with Crippen LogP contribution in [0.3, 0.4) is 0 Å². The van der Waals surface area contributed by atoms with Gasteiger partial charge in [-0.15, -0.1) is 0 Å². The van der Waals surface area contributed by atoms with Gasteiger partial charge < -0.3 is 4.90 Å². The summed E-state index contributed by atoms with van der Waals surface area (Å²) in [6, 6.07) is 10.3. The lowest BCUT2D eigenvalue weighted by Gasteiger charge is -2.30. The highest BCUT2D eigenvalue weighted by Crippen LogP contribution is 2.27. The zero-order valence-electron chi connectivity index (χ0n) is 10.8.